The Morgan fingerprint density at radius 1 is 1.32 bits per heavy atom. The highest BCUT2D eigenvalue weighted by molar-refractivity contribution is 5.94. The van der Waals surface area contributed by atoms with Crippen molar-refractivity contribution in [2.45, 2.75) is 50.7 Å². The van der Waals surface area contributed by atoms with Gasteiger partial charge in [-0.15, -0.1) is 0 Å². The summed E-state index contributed by atoms with van der Waals surface area (Å²) in [6.45, 7) is 4.17. The van der Waals surface area contributed by atoms with Gasteiger partial charge in [0.15, 0.2) is 0 Å². The summed E-state index contributed by atoms with van der Waals surface area (Å²) in [7, 11) is 0. The van der Waals surface area contributed by atoms with E-state index < -0.39 is 0 Å². The maximum absolute atomic E-state index is 12.9. The predicted octanol–water partition coefficient (Wildman–Crippen LogP) is 2.80. The molecule has 4 nitrogen and oxygen atoms in total. The molecule has 2 aliphatic heterocycles. The van der Waals surface area contributed by atoms with Gasteiger partial charge < -0.3 is 14.4 Å². The molecule has 0 N–H and O–H groups in total. The van der Waals surface area contributed by atoms with E-state index in [1.807, 2.05) is 23.1 Å². The zero-order valence-corrected chi connectivity index (χ0v) is 13.1. The third kappa shape index (κ3) is 2.39. The van der Waals surface area contributed by atoms with E-state index in [-0.39, 0.29) is 17.6 Å². The first kappa shape index (κ1) is 14.1. The SMILES string of the molecule is C[C@@H]1Cc2cc(C(=O)N3CCOC4(CCCC4)C3)ccc2O1. The fraction of sp³-hybridized carbons (Fsp3) is 0.611. The second-order valence-corrected chi connectivity index (χ2v) is 6.92. The van der Waals surface area contributed by atoms with Gasteiger partial charge in [-0.1, -0.05) is 12.8 Å². The van der Waals surface area contributed by atoms with Crippen molar-refractivity contribution >= 4 is 5.91 Å². The second kappa shape index (κ2) is 5.27. The normalized spacial score (nSPS) is 26.0. The molecule has 4 rings (SSSR count). The quantitative estimate of drug-likeness (QED) is 0.800. The van der Waals surface area contributed by atoms with Crippen LogP contribution in [0, 0.1) is 0 Å². The van der Waals surface area contributed by atoms with E-state index in [2.05, 4.69) is 6.92 Å². The van der Waals surface area contributed by atoms with Gasteiger partial charge in [0.2, 0.25) is 0 Å². The van der Waals surface area contributed by atoms with Crippen molar-refractivity contribution in [3.8, 4) is 5.75 Å². The van der Waals surface area contributed by atoms with Crippen LogP contribution >= 0.6 is 0 Å². The highest BCUT2D eigenvalue weighted by atomic mass is 16.5. The smallest absolute Gasteiger partial charge is 0.254 e. The Bertz CT molecular complexity index is 592. The lowest BCUT2D eigenvalue weighted by Gasteiger charge is -2.40. The minimum absolute atomic E-state index is 0.0672. The molecule has 2 heterocycles. The van der Waals surface area contributed by atoms with Crippen molar-refractivity contribution in [3.63, 3.8) is 0 Å². The summed E-state index contributed by atoms with van der Waals surface area (Å²) in [6, 6.07) is 5.85. The summed E-state index contributed by atoms with van der Waals surface area (Å²) in [5, 5.41) is 0. The molecule has 1 saturated heterocycles. The number of amides is 1. The van der Waals surface area contributed by atoms with E-state index in [0.29, 0.717) is 13.2 Å². The Hall–Kier alpha value is -1.55. The minimum atomic E-state index is -0.0672. The van der Waals surface area contributed by atoms with E-state index >= 15 is 0 Å². The number of fused-ring (bicyclic) bond motifs is 1. The third-order valence-electron chi connectivity index (χ3n) is 5.19. The summed E-state index contributed by atoms with van der Waals surface area (Å²) >= 11 is 0. The highest BCUT2D eigenvalue weighted by Crippen LogP contribution is 2.36. The molecule has 0 radical (unpaired) electrons. The molecule has 1 amide bonds. The van der Waals surface area contributed by atoms with Crippen LogP contribution in [0.1, 0.15) is 48.5 Å². The minimum Gasteiger partial charge on any atom is -0.490 e. The van der Waals surface area contributed by atoms with Crippen LogP contribution in [0.5, 0.6) is 5.75 Å². The van der Waals surface area contributed by atoms with Crippen LogP contribution in [-0.4, -0.2) is 42.2 Å². The average molecular weight is 301 g/mol. The monoisotopic (exact) mass is 301 g/mol. The fourth-order valence-electron chi connectivity index (χ4n) is 4.08. The average Bonchev–Trinajstić information content (AvgIpc) is 3.11. The Morgan fingerprint density at radius 2 is 2.14 bits per heavy atom. The van der Waals surface area contributed by atoms with Gasteiger partial charge in [-0.3, -0.25) is 4.79 Å². The molecule has 0 bridgehead atoms. The topological polar surface area (TPSA) is 38.8 Å². The molecule has 1 spiro atoms. The van der Waals surface area contributed by atoms with Gasteiger partial charge >= 0.3 is 0 Å². The molecule has 1 aromatic rings. The van der Waals surface area contributed by atoms with Crippen molar-refractivity contribution in [2.75, 3.05) is 19.7 Å². The zero-order chi connectivity index (χ0) is 15.2. The van der Waals surface area contributed by atoms with Crippen LogP contribution in [0.15, 0.2) is 18.2 Å². The first-order chi connectivity index (χ1) is 10.7. The standard InChI is InChI=1S/C18H23NO3/c1-13-10-15-11-14(4-5-16(15)22-13)17(20)19-8-9-21-18(12-19)6-2-3-7-18/h4-5,11,13H,2-3,6-10,12H2,1H3/t13-/m1/s1. The number of nitrogens with zero attached hydrogens (tertiary/aromatic N) is 1. The Kier molecular flexibility index (Phi) is 3.37. The molecule has 118 valence electrons. The molecule has 1 aliphatic carbocycles. The summed E-state index contributed by atoms with van der Waals surface area (Å²) < 4.78 is 11.7. The van der Waals surface area contributed by atoms with Gasteiger partial charge in [0.05, 0.1) is 18.8 Å². The van der Waals surface area contributed by atoms with Crippen LogP contribution in [0.2, 0.25) is 0 Å². The first-order valence-corrected chi connectivity index (χ1v) is 8.38. The molecule has 2 fully saturated rings. The number of ether oxygens (including phenoxy) is 2. The Labute approximate surface area is 131 Å². The predicted molar refractivity (Wildman–Crippen MR) is 83.3 cm³/mol. The first-order valence-electron chi connectivity index (χ1n) is 8.38. The lowest BCUT2D eigenvalue weighted by molar-refractivity contribution is -0.0948. The molecule has 22 heavy (non-hydrogen) atoms. The molecule has 4 heteroatoms. The van der Waals surface area contributed by atoms with Gasteiger partial charge in [-0.2, -0.15) is 0 Å². The van der Waals surface area contributed by atoms with Gasteiger partial charge in [0.1, 0.15) is 11.9 Å². The van der Waals surface area contributed by atoms with Gasteiger partial charge in [0, 0.05) is 18.5 Å². The lowest BCUT2D eigenvalue weighted by Crippen LogP contribution is -2.52. The number of morpholine rings is 1. The van der Waals surface area contributed by atoms with Crippen LogP contribution in [-0.2, 0) is 11.2 Å². The number of hydrogen-bond acceptors (Lipinski definition) is 3. The van der Waals surface area contributed by atoms with Crippen molar-refractivity contribution < 1.29 is 14.3 Å². The van der Waals surface area contributed by atoms with Crippen molar-refractivity contribution in [2.24, 2.45) is 0 Å². The number of benzene rings is 1. The van der Waals surface area contributed by atoms with Crippen molar-refractivity contribution in [1.82, 2.24) is 4.90 Å². The van der Waals surface area contributed by atoms with Crippen LogP contribution < -0.4 is 4.74 Å². The maximum Gasteiger partial charge on any atom is 0.254 e. The molecule has 1 saturated carbocycles. The van der Waals surface area contributed by atoms with Crippen LogP contribution in [0.3, 0.4) is 0 Å². The number of hydrogen-bond donors (Lipinski definition) is 0. The van der Waals surface area contributed by atoms with Crippen molar-refractivity contribution in [1.29, 1.82) is 0 Å². The van der Waals surface area contributed by atoms with Crippen molar-refractivity contribution in [3.05, 3.63) is 29.3 Å². The summed E-state index contributed by atoms with van der Waals surface area (Å²) in [5.41, 5.74) is 1.87. The third-order valence-corrected chi connectivity index (χ3v) is 5.19. The van der Waals surface area contributed by atoms with E-state index in [9.17, 15) is 4.79 Å². The second-order valence-electron chi connectivity index (χ2n) is 6.92. The number of rotatable bonds is 1. The number of carbonyl (C=O) groups is 1. The lowest BCUT2D eigenvalue weighted by atomic mass is 9.98. The molecule has 1 atom stereocenters. The van der Waals surface area contributed by atoms with Gasteiger partial charge in [0.25, 0.3) is 5.91 Å². The van der Waals surface area contributed by atoms with Gasteiger partial charge in [-0.05, 0) is 43.5 Å². The molecule has 3 aliphatic rings. The van der Waals surface area contributed by atoms with E-state index in [1.165, 1.54) is 12.8 Å². The molecule has 1 aromatic carbocycles. The summed E-state index contributed by atoms with van der Waals surface area (Å²) in [6.07, 6.45) is 5.72. The number of carbonyl (C=O) groups excluding carboxylic acids is 1. The molecule has 0 unspecified atom stereocenters. The van der Waals surface area contributed by atoms with E-state index in [4.69, 9.17) is 9.47 Å². The molecular formula is C18H23NO3. The fourth-order valence-corrected chi connectivity index (χ4v) is 4.08. The van der Waals surface area contributed by atoms with E-state index in [0.717, 1.165) is 42.7 Å². The highest BCUT2D eigenvalue weighted by Gasteiger charge is 2.40. The largest absolute Gasteiger partial charge is 0.490 e. The Morgan fingerprint density at radius 3 is 2.95 bits per heavy atom. The molecule has 0 aromatic heterocycles. The van der Waals surface area contributed by atoms with Gasteiger partial charge in [-0.25, -0.2) is 0 Å². The summed E-state index contributed by atoms with van der Waals surface area (Å²) in [5.74, 6) is 1.07. The van der Waals surface area contributed by atoms with Crippen LogP contribution in [0.25, 0.3) is 0 Å². The van der Waals surface area contributed by atoms with Crippen LogP contribution in [0.4, 0.5) is 0 Å². The maximum atomic E-state index is 12.9. The molecular weight excluding hydrogens is 278 g/mol. The Balaban J connectivity index is 1.53. The zero-order valence-electron chi connectivity index (χ0n) is 13.1. The van der Waals surface area contributed by atoms with E-state index in [1.54, 1.807) is 0 Å². The summed E-state index contributed by atoms with van der Waals surface area (Å²) in [4.78, 5) is 14.8.